The van der Waals surface area contributed by atoms with E-state index in [9.17, 15) is 0 Å². The molecule has 0 atom stereocenters. The van der Waals surface area contributed by atoms with Crippen LogP contribution in [0.2, 0.25) is 0 Å². The number of nitrogens with zero attached hydrogens (tertiary/aromatic N) is 2. The predicted molar refractivity (Wildman–Crippen MR) is 70.5 cm³/mol. The number of hydrogen-bond donors (Lipinski definition) is 1. The van der Waals surface area contributed by atoms with E-state index in [1.807, 2.05) is 44.3 Å². The maximum Gasteiger partial charge on any atom is 0.127 e. The number of rotatable bonds is 5. The summed E-state index contributed by atoms with van der Waals surface area (Å²) in [7, 11) is 0. The largest absolute Gasteiger partial charge is 0.490 e. The Kier molecular flexibility index (Phi) is 3.99. The van der Waals surface area contributed by atoms with Crippen LogP contribution in [-0.4, -0.2) is 27.6 Å². The molecular weight excluding hydrogens is 228 g/mol. The Morgan fingerprint density at radius 2 is 2.11 bits per heavy atom. The molecule has 4 heteroatoms. The smallest absolute Gasteiger partial charge is 0.127 e. The number of hydrogen-bond acceptors (Lipinski definition) is 3. The lowest BCUT2D eigenvalue weighted by atomic mass is 10.1. The number of aliphatic hydroxyl groups excluding tert-OH is 1. The Morgan fingerprint density at radius 1 is 1.33 bits per heavy atom. The van der Waals surface area contributed by atoms with Gasteiger partial charge in [0.25, 0.3) is 0 Å². The van der Waals surface area contributed by atoms with Gasteiger partial charge in [0.05, 0.1) is 25.5 Å². The molecule has 0 unspecified atom stereocenters. The summed E-state index contributed by atoms with van der Waals surface area (Å²) in [6, 6.07) is 7.90. The Hall–Kier alpha value is -1.81. The van der Waals surface area contributed by atoms with Crippen molar-refractivity contribution in [3.8, 4) is 16.9 Å². The van der Waals surface area contributed by atoms with E-state index in [2.05, 4.69) is 5.10 Å². The van der Waals surface area contributed by atoms with Crippen LogP contribution in [0.15, 0.2) is 36.7 Å². The SMILES string of the molecule is CC(C)Oc1ccccc1-c1cnn(CCO)c1. The second kappa shape index (κ2) is 5.69. The molecule has 1 aromatic carbocycles. The summed E-state index contributed by atoms with van der Waals surface area (Å²) in [5, 5.41) is 13.1. The van der Waals surface area contributed by atoms with E-state index in [4.69, 9.17) is 9.84 Å². The van der Waals surface area contributed by atoms with Crippen molar-refractivity contribution in [3.63, 3.8) is 0 Å². The summed E-state index contributed by atoms with van der Waals surface area (Å²) in [5.74, 6) is 0.857. The van der Waals surface area contributed by atoms with Crippen LogP contribution in [-0.2, 0) is 6.54 Å². The lowest BCUT2D eigenvalue weighted by molar-refractivity contribution is 0.243. The number of benzene rings is 1. The number of aromatic nitrogens is 2. The molecular formula is C14H18N2O2. The third kappa shape index (κ3) is 2.90. The van der Waals surface area contributed by atoms with Crippen molar-refractivity contribution in [2.24, 2.45) is 0 Å². The topological polar surface area (TPSA) is 47.3 Å². The first-order valence-electron chi connectivity index (χ1n) is 6.10. The van der Waals surface area contributed by atoms with E-state index < -0.39 is 0 Å². The molecule has 0 fully saturated rings. The van der Waals surface area contributed by atoms with Crippen molar-refractivity contribution >= 4 is 0 Å². The van der Waals surface area contributed by atoms with Gasteiger partial charge in [-0.05, 0) is 19.9 Å². The molecule has 0 aliphatic carbocycles. The minimum absolute atomic E-state index is 0.0886. The zero-order valence-electron chi connectivity index (χ0n) is 10.7. The fraction of sp³-hybridized carbons (Fsp3) is 0.357. The molecule has 0 saturated heterocycles. The van der Waals surface area contributed by atoms with Crippen LogP contribution in [0.4, 0.5) is 0 Å². The molecule has 1 aromatic heterocycles. The molecule has 18 heavy (non-hydrogen) atoms. The van der Waals surface area contributed by atoms with Crippen LogP contribution in [0.25, 0.3) is 11.1 Å². The van der Waals surface area contributed by atoms with Crippen LogP contribution in [0.3, 0.4) is 0 Å². The normalized spacial score (nSPS) is 10.9. The highest BCUT2D eigenvalue weighted by molar-refractivity contribution is 5.69. The van der Waals surface area contributed by atoms with E-state index in [1.54, 1.807) is 10.9 Å². The minimum atomic E-state index is 0.0886. The van der Waals surface area contributed by atoms with Crippen LogP contribution >= 0.6 is 0 Å². The molecule has 0 saturated carbocycles. The monoisotopic (exact) mass is 246 g/mol. The fourth-order valence-electron chi connectivity index (χ4n) is 1.79. The third-order valence-corrected chi connectivity index (χ3v) is 2.52. The second-order valence-corrected chi connectivity index (χ2v) is 4.38. The van der Waals surface area contributed by atoms with E-state index in [0.717, 1.165) is 16.9 Å². The summed E-state index contributed by atoms with van der Waals surface area (Å²) in [6.45, 7) is 4.61. The average Bonchev–Trinajstić information content (AvgIpc) is 2.78. The zero-order chi connectivity index (χ0) is 13.0. The maximum atomic E-state index is 8.89. The average molecular weight is 246 g/mol. The molecule has 96 valence electrons. The molecule has 0 amide bonds. The molecule has 0 aliphatic heterocycles. The van der Waals surface area contributed by atoms with E-state index >= 15 is 0 Å². The minimum Gasteiger partial charge on any atom is -0.490 e. The molecule has 0 bridgehead atoms. The van der Waals surface area contributed by atoms with Crippen LogP contribution in [0.5, 0.6) is 5.75 Å². The van der Waals surface area contributed by atoms with Crippen molar-refractivity contribution in [1.82, 2.24) is 9.78 Å². The summed E-state index contributed by atoms with van der Waals surface area (Å²) in [4.78, 5) is 0. The summed E-state index contributed by atoms with van der Waals surface area (Å²) < 4.78 is 7.51. The molecule has 0 radical (unpaired) electrons. The van der Waals surface area contributed by atoms with Crippen molar-refractivity contribution in [1.29, 1.82) is 0 Å². The quantitative estimate of drug-likeness (QED) is 0.880. The summed E-state index contributed by atoms with van der Waals surface area (Å²) >= 11 is 0. The first-order valence-corrected chi connectivity index (χ1v) is 6.10. The highest BCUT2D eigenvalue weighted by Gasteiger charge is 2.09. The first-order chi connectivity index (χ1) is 8.70. The Bertz CT molecular complexity index is 506. The van der Waals surface area contributed by atoms with Crippen LogP contribution in [0, 0.1) is 0 Å². The Balaban J connectivity index is 2.30. The fourth-order valence-corrected chi connectivity index (χ4v) is 1.79. The molecule has 2 aromatic rings. The number of aliphatic hydroxyl groups is 1. The van der Waals surface area contributed by atoms with Gasteiger partial charge in [-0.3, -0.25) is 4.68 Å². The second-order valence-electron chi connectivity index (χ2n) is 4.38. The van der Waals surface area contributed by atoms with Gasteiger partial charge in [0, 0.05) is 17.3 Å². The van der Waals surface area contributed by atoms with Gasteiger partial charge in [-0.15, -0.1) is 0 Å². The van der Waals surface area contributed by atoms with Gasteiger partial charge in [0.2, 0.25) is 0 Å². The number of ether oxygens (including phenoxy) is 1. The first kappa shape index (κ1) is 12.6. The van der Waals surface area contributed by atoms with Crippen molar-refractivity contribution in [2.75, 3.05) is 6.61 Å². The van der Waals surface area contributed by atoms with Gasteiger partial charge >= 0.3 is 0 Å². The third-order valence-electron chi connectivity index (χ3n) is 2.52. The van der Waals surface area contributed by atoms with Crippen LogP contribution in [0.1, 0.15) is 13.8 Å². The highest BCUT2D eigenvalue weighted by Crippen LogP contribution is 2.30. The maximum absolute atomic E-state index is 8.89. The van der Waals surface area contributed by atoms with Crippen molar-refractivity contribution in [3.05, 3.63) is 36.7 Å². The lowest BCUT2D eigenvalue weighted by Crippen LogP contribution is -2.06. The molecule has 0 aliphatic rings. The summed E-state index contributed by atoms with van der Waals surface area (Å²) in [5.41, 5.74) is 2.02. The van der Waals surface area contributed by atoms with Gasteiger partial charge < -0.3 is 9.84 Å². The van der Waals surface area contributed by atoms with Gasteiger partial charge in [0.1, 0.15) is 5.75 Å². The van der Waals surface area contributed by atoms with Gasteiger partial charge in [0.15, 0.2) is 0 Å². The molecule has 4 nitrogen and oxygen atoms in total. The van der Waals surface area contributed by atoms with Gasteiger partial charge in [-0.25, -0.2) is 0 Å². The number of para-hydroxylation sites is 1. The Labute approximate surface area is 107 Å². The van der Waals surface area contributed by atoms with E-state index in [1.165, 1.54) is 0 Å². The van der Waals surface area contributed by atoms with Crippen molar-refractivity contribution < 1.29 is 9.84 Å². The van der Waals surface area contributed by atoms with Gasteiger partial charge in [-0.2, -0.15) is 5.10 Å². The highest BCUT2D eigenvalue weighted by atomic mass is 16.5. The molecule has 2 rings (SSSR count). The lowest BCUT2D eigenvalue weighted by Gasteiger charge is -2.13. The zero-order valence-corrected chi connectivity index (χ0v) is 10.7. The molecule has 1 heterocycles. The molecule has 0 spiro atoms. The predicted octanol–water partition coefficient (Wildman–Crippen LogP) is 2.33. The van der Waals surface area contributed by atoms with Gasteiger partial charge in [-0.1, -0.05) is 18.2 Å². The summed E-state index contributed by atoms with van der Waals surface area (Å²) in [6.07, 6.45) is 3.84. The van der Waals surface area contributed by atoms with E-state index in [-0.39, 0.29) is 12.7 Å². The van der Waals surface area contributed by atoms with Crippen LogP contribution < -0.4 is 4.74 Å². The Morgan fingerprint density at radius 3 is 2.83 bits per heavy atom. The standard InChI is InChI=1S/C14H18N2O2/c1-11(2)18-14-6-4-3-5-13(14)12-9-15-16(10-12)7-8-17/h3-6,9-11,17H,7-8H2,1-2H3. The van der Waals surface area contributed by atoms with E-state index in [0.29, 0.717) is 6.54 Å². The molecule has 1 N–H and O–H groups in total. The van der Waals surface area contributed by atoms with Crippen molar-refractivity contribution in [2.45, 2.75) is 26.5 Å².